The lowest BCUT2D eigenvalue weighted by Crippen LogP contribution is -2.57. The van der Waals surface area contributed by atoms with Gasteiger partial charge in [-0.15, -0.1) is 0 Å². The van der Waals surface area contributed by atoms with Crippen LogP contribution in [-0.4, -0.2) is 47.0 Å². The van der Waals surface area contributed by atoms with Crippen molar-refractivity contribution >= 4 is 0 Å². The molecule has 0 amide bonds. The van der Waals surface area contributed by atoms with Crippen molar-refractivity contribution in [2.45, 2.75) is 44.9 Å². The van der Waals surface area contributed by atoms with Crippen molar-refractivity contribution in [3.8, 4) is 5.75 Å². The number of benzene rings is 1. The maximum absolute atomic E-state index is 10.8. The molecule has 0 fully saturated rings. The lowest BCUT2D eigenvalue weighted by atomic mass is 9.84. The summed E-state index contributed by atoms with van der Waals surface area (Å²) in [4.78, 5) is 1.96. The fourth-order valence-electron chi connectivity index (χ4n) is 3.10. The second kappa shape index (κ2) is 5.72. The van der Waals surface area contributed by atoms with Crippen LogP contribution in [0.25, 0.3) is 0 Å². The molecule has 0 radical (unpaired) electrons. The Morgan fingerprint density at radius 1 is 1.35 bits per heavy atom. The Morgan fingerprint density at radius 3 is 2.65 bits per heavy atom. The van der Waals surface area contributed by atoms with Crippen molar-refractivity contribution < 1.29 is 14.9 Å². The number of rotatable bonds is 4. The van der Waals surface area contributed by atoms with Crippen LogP contribution in [0.1, 0.15) is 38.0 Å². The molecule has 20 heavy (non-hydrogen) atoms. The number of nitrogens with zero attached hydrogens (tertiary/aromatic N) is 1. The summed E-state index contributed by atoms with van der Waals surface area (Å²) in [7, 11) is 1.91. The molecular weight excluding hydrogens is 254 g/mol. The first-order valence-electron chi connectivity index (χ1n) is 7.21. The lowest BCUT2D eigenvalue weighted by molar-refractivity contribution is -0.0773. The molecule has 0 spiro atoms. The van der Waals surface area contributed by atoms with Crippen LogP contribution in [-0.2, 0) is 6.42 Å². The molecule has 0 saturated carbocycles. The molecule has 0 aromatic heterocycles. The lowest BCUT2D eigenvalue weighted by Gasteiger charge is -2.47. The molecule has 2 unspecified atom stereocenters. The van der Waals surface area contributed by atoms with Crippen molar-refractivity contribution in [1.82, 2.24) is 4.90 Å². The molecule has 2 N–H and O–H groups in total. The molecule has 0 aliphatic carbocycles. The van der Waals surface area contributed by atoms with E-state index < -0.39 is 11.7 Å². The number of hydrogen-bond acceptors (Lipinski definition) is 4. The smallest absolute Gasteiger partial charge is 0.126 e. The summed E-state index contributed by atoms with van der Waals surface area (Å²) in [6.45, 7) is 6.63. The summed E-state index contributed by atoms with van der Waals surface area (Å²) >= 11 is 0. The number of likely N-dealkylation sites (N-methyl/N-ethyl adjacent to an activating group) is 1. The second-order valence-electron chi connectivity index (χ2n) is 6.03. The Hall–Kier alpha value is -1.10. The number of fused-ring (bicyclic) bond motifs is 1. The molecule has 4 heteroatoms. The molecule has 2 rings (SSSR count). The highest BCUT2D eigenvalue weighted by atomic mass is 16.5. The summed E-state index contributed by atoms with van der Waals surface area (Å²) in [6.07, 6.45) is 0.317. The van der Waals surface area contributed by atoms with E-state index in [-0.39, 0.29) is 12.6 Å². The quantitative estimate of drug-likeness (QED) is 0.881. The highest BCUT2D eigenvalue weighted by molar-refractivity contribution is 5.42. The minimum atomic E-state index is -0.614. The first-order valence-corrected chi connectivity index (χ1v) is 7.21. The molecular formula is C16H25NO3. The van der Waals surface area contributed by atoms with Gasteiger partial charge in [0, 0.05) is 12.1 Å². The number of aliphatic hydroxyl groups excluding tert-OH is 2. The van der Waals surface area contributed by atoms with Crippen LogP contribution < -0.4 is 4.74 Å². The number of aryl methyl sites for hydroxylation is 1. The number of hydrogen-bond donors (Lipinski definition) is 2. The molecule has 1 aromatic carbocycles. The van der Waals surface area contributed by atoms with Crippen LogP contribution in [0.4, 0.5) is 0 Å². The average Bonchev–Trinajstić information content (AvgIpc) is 2.37. The summed E-state index contributed by atoms with van der Waals surface area (Å²) in [5.74, 6) is 0.758. The van der Waals surface area contributed by atoms with Crippen molar-refractivity contribution in [3.63, 3.8) is 0 Å². The Balaban J connectivity index is 2.40. The second-order valence-corrected chi connectivity index (χ2v) is 6.03. The van der Waals surface area contributed by atoms with E-state index in [1.807, 2.05) is 44.0 Å². The third-order valence-electron chi connectivity index (χ3n) is 4.11. The molecule has 1 aromatic rings. The first-order chi connectivity index (χ1) is 9.40. The van der Waals surface area contributed by atoms with Gasteiger partial charge in [-0.3, -0.25) is 4.90 Å². The van der Waals surface area contributed by atoms with Gasteiger partial charge in [0.15, 0.2) is 0 Å². The Kier molecular flexibility index (Phi) is 4.37. The van der Waals surface area contributed by atoms with Crippen molar-refractivity contribution in [1.29, 1.82) is 0 Å². The van der Waals surface area contributed by atoms with Crippen LogP contribution in [0.2, 0.25) is 0 Å². The first kappa shape index (κ1) is 15.3. The molecule has 1 aliphatic heterocycles. The van der Waals surface area contributed by atoms with Crippen molar-refractivity contribution in [3.05, 3.63) is 29.3 Å². The van der Waals surface area contributed by atoms with Gasteiger partial charge in [-0.05, 0) is 45.0 Å². The maximum atomic E-state index is 10.8. The van der Waals surface area contributed by atoms with Gasteiger partial charge in [-0.2, -0.15) is 0 Å². The van der Waals surface area contributed by atoms with Gasteiger partial charge in [-0.1, -0.05) is 13.0 Å². The largest absolute Gasteiger partial charge is 0.486 e. The summed E-state index contributed by atoms with van der Waals surface area (Å²) in [6, 6.07) is 5.82. The van der Waals surface area contributed by atoms with Crippen molar-refractivity contribution in [2.24, 2.45) is 0 Å². The van der Waals surface area contributed by atoms with Gasteiger partial charge in [0.05, 0.1) is 12.6 Å². The van der Waals surface area contributed by atoms with E-state index in [1.165, 1.54) is 5.56 Å². The number of aliphatic hydroxyl groups is 2. The SMILES string of the molecule is CCc1ccc2c(c1)C(O)C(N(C)CCO)C(C)(C)O2. The molecule has 0 saturated heterocycles. The third-order valence-corrected chi connectivity index (χ3v) is 4.11. The molecule has 1 heterocycles. The van der Waals surface area contributed by atoms with Gasteiger partial charge >= 0.3 is 0 Å². The standard InChI is InChI=1S/C16H25NO3/c1-5-11-6-7-13-12(10-11)14(19)15(16(2,3)20-13)17(4)8-9-18/h6-7,10,14-15,18-19H,5,8-9H2,1-4H3. The Labute approximate surface area is 121 Å². The summed E-state index contributed by atoms with van der Waals surface area (Å²) < 4.78 is 6.09. The van der Waals surface area contributed by atoms with Crippen LogP contribution >= 0.6 is 0 Å². The van der Waals surface area contributed by atoms with E-state index in [0.29, 0.717) is 6.54 Å². The van der Waals surface area contributed by atoms with E-state index in [2.05, 4.69) is 6.92 Å². The zero-order chi connectivity index (χ0) is 14.9. The van der Waals surface area contributed by atoms with Crippen LogP contribution in [0.3, 0.4) is 0 Å². The minimum absolute atomic E-state index is 0.0671. The fraction of sp³-hybridized carbons (Fsp3) is 0.625. The zero-order valence-electron chi connectivity index (χ0n) is 12.8. The molecule has 112 valence electrons. The normalized spacial score (nSPS) is 24.4. The fourth-order valence-corrected chi connectivity index (χ4v) is 3.10. The van der Waals surface area contributed by atoms with E-state index >= 15 is 0 Å². The molecule has 1 aliphatic rings. The zero-order valence-corrected chi connectivity index (χ0v) is 12.8. The predicted octanol–water partition coefficient (Wildman–Crippen LogP) is 1.75. The molecule has 4 nitrogen and oxygen atoms in total. The van der Waals surface area contributed by atoms with Crippen LogP contribution in [0, 0.1) is 0 Å². The Bertz CT molecular complexity index is 473. The number of ether oxygens (including phenoxy) is 1. The van der Waals surface area contributed by atoms with Gasteiger partial charge in [-0.25, -0.2) is 0 Å². The van der Waals surface area contributed by atoms with Gasteiger partial charge in [0.1, 0.15) is 17.5 Å². The predicted molar refractivity (Wildman–Crippen MR) is 79.0 cm³/mol. The topological polar surface area (TPSA) is 52.9 Å². The van der Waals surface area contributed by atoms with E-state index in [1.54, 1.807) is 0 Å². The highest BCUT2D eigenvalue weighted by Gasteiger charge is 2.45. The summed E-state index contributed by atoms with van der Waals surface area (Å²) in [5.41, 5.74) is 1.53. The van der Waals surface area contributed by atoms with Gasteiger partial charge in [0.2, 0.25) is 0 Å². The summed E-state index contributed by atoms with van der Waals surface area (Å²) in [5, 5.41) is 19.9. The average molecular weight is 279 g/mol. The van der Waals surface area contributed by atoms with Crippen LogP contribution in [0.15, 0.2) is 18.2 Å². The molecule has 2 atom stereocenters. The maximum Gasteiger partial charge on any atom is 0.126 e. The van der Waals surface area contributed by atoms with Crippen LogP contribution in [0.5, 0.6) is 5.75 Å². The van der Waals surface area contributed by atoms with E-state index in [4.69, 9.17) is 9.84 Å². The van der Waals surface area contributed by atoms with Gasteiger partial charge < -0.3 is 14.9 Å². The monoisotopic (exact) mass is 279 g/mol. The van der Waals surface area contributed by atoms with Gasteiger partial charge in [0.25, 0.3) is 0 Å². The highest BCUT2D eigenvalue weighted by Crippen LogP contribution is 2.42. The van der Waals surface area contributed by atoms with E-state index in [9.17, 15) is 5.11 Å². The Morgan fingerprint density at radius 2 is 2.05 bits per heavy atom. The third kappa shape index (κ3) is 2.68. The van der Waals surface area contributed by atoms with Crippen molar-refractivity contribution in [2.75, 3.05) is 20.2 Å². The minimum Gasteiger partial charge on any atom is -0.486 e. The van der Waals surface area contributed by atoms with E-state index in [0.717, 1.165) is 17.7 Å². The molecule has 0 bridgehead atoms.